The second-order valence-corrected chi connectivity index (χ2v) is 7.68. The van der Waals surface area contributed by atoms with Crippen molar-refractivity contribution in [3.05, 3.63) is 74.9 Å². The molecule has 0 atom stereocenters. The number of carbonyl (C=O) groups is 2. The van der Waals surface area contributed by atoms with Crippen LogP contribution in [-0.2, 0) is 16.1 Å². The third-order valence-corrected chi connectivity index (χ3v) is 5.12. The van der Waals surface area contributed by atoms with E-state index in [1.165, 1.54) is 36.2 Å². The Balaban J connectivity index is 1.68. The Hall–Kier alpha value is -2.97. The van der Waals surface area contributed by atoms with Gasteiger partial charge in [0.15, 0.2) is 18.1 Å². The molecule has 3 rings (SSSR count). The lowest BCUT2D eigenvalue weighted by Crippen LogP contribution is -2.31. The van der Waals surface area contributed by atoms with Crippen molar-refractivity contribution in [1.82, 2.24) is 19.7 Å². The van der Waals surface area contributed by atoms with Crippen LogP contribution in [0.25, 0.3) is 5.82 Å². The van der Waals surface area contributed by atoms with Gasteiger partial charge >= 0.3 is 5.97 Å². The van der Waals surface area contributed by atoms with Crippen LogP contribution >= 0.6 is 23.2 Å². The molecule has 0 fully saturated rings. The van der Waals surface area contributed by atoms with Crippen LogP contribution in [0.1, 0.15) is 27.4 Å². The SMILES string of the molecule is Cc1cc(C)n(-c2ccc(Cl)c(C(=O)OCC(=O)N(C)Cc3c(F)cccc3Cl)n2)n1. The molecule has 0 spiro atoms. The average Bonchev–Trinajstić information content (AvgIpc) is 3.07. The number of ether oxygens (including phenoxy) is 1. The summed E-state index contributed by atoms with van der Waals surface area (Å²) in [5.41, 5.74) is 1.66. The quantitative estimate of drug-likeness (QED) is 0.512. The van der Waals surface area contributed by atoms with Gasteiger partial charge in [-0.25, -0.2) is 18.9 Å². The Morgan fingerprint density at radius 2 is 1.90 bits per heavy atom. The highest BCUT2D eigenvalue weighted by atomic mass is 35.5. The minimum absolute atomic E-state index is 0.0751. The number of pyridine rings is 1. The maximum absolute atomic E-state index is 13.9. The van der Waals surface area contributed by atoms with Crippen LogP contribution in [-0.4, -0.2) is 45.2 Å². The van der Waals surface area contributed by atoms with E-state index < -0.39 is 24.3 Å². The Kier molecular flexibility index (Phi) is 6.92. The number of esters is 1. The van der Waals surface area contributed by atoms with Gasteiger partial charge in [0.25, 0.3) is 5.91 Å². The second kappa shape index (κ2) is 9.45. The number of nitrogens with zero attached hydrogens (tertiary/aromatic N) is 4. The van der Waals surface area contributed by atoms with E-state index >= 15 is 0 Å². The lowest BCUT2D eigenvalue weighted by atomic mass is 10.2. The van der Waals surface area contributed by atoms with Gasteiger partial charge in [0, 0.05) is 29.9 Å². The Bertz CT molecular complexity index is 1130. The number of halogens is 3. The normalized spacial score (nSPS) is 10.8. The van der Waals surface area contributed by atoms with Crippen molar-refractivity contribution >= 4 is 35.1 Å². The molecule has 0 aliphatic heterocycles. The summed E-state index contributed by atoms with van der Waals surface area (Å²) in [5.74, 6) is -1.54. The first-order valence-corrected chi connectivity index (χ1v) is 9.97. The van der Waals surface area contributed by atoms with E-state index in [1.807, 2.05) is 19.9 Å². The number of hydrogen-bond donors (Lipinski definition) is 0. The molecule has 10 heteroatoms. The van der Waals surface area contributed by atoms with Gasteiger partial charge < -0.3 is 9.64 Å². The van der Waals surface area contributed by atoms with Crippen LogP contribution in [0.4, 0.5) is 4.39 Å². The molecule has 0 N–H and O–H groups in total. The second-order valence-electron chi connectivity index (χ2n) is 6.86. The molecule has 0 bridgehead atoms. The van der Waals surface area contributed by atoms with Crippen molar-refractivity contribution in [2.24, 2.45) is 0 Å². The van der Waals surface area contributed by atoms with Crippen molar-refractivity contribution in [2.75, 3.05) is 13.7 Å². The maximum atomic E-state index is 13.9. The standard InChI is InChI=1S/C21H19Cl2FN4O3/c1-12-9-13(2)28(26-12)18-8-7-16(23)20(25-18)21(30)31-11-19(29)27(3)10-14-15(22)5-4-6-17(14)24/h4-9H,10-11H2,1-3H3. The predicted octanol–water partition coefficient (Wildman–Crippen LogP) is 4.15. The molecule has 2 heterocycles. The van der Waals surface area contributed by atoms with Crippen molar-refractivity contribution in [3.63, 3.8) is 0 Å². The van der Waals surface area contributed by atoms with Gasteiger partial charge in [0.2, 0.25) is 0 Å². The molecule has 3 aromatic rings. The Morgan fingerprint density at radius 3 is 2.55 bits per heavy atom. The van der Waals surface area contributed by atoms with Crippen molar-refractivity contribution < 1.29 is 18.7 Å². The molecule has 0 radical (unpaired) electrons. The molecule has 31 heavy (non-hydrogen) atoms. The number of amides is 1. The van der Waals surface area contributed by atoms with Gasteiger partial charge in [-0.05, 0) is 44.2 Å². The van der Waals surface area contributed by atoms with E-state index in [4.69, 9.17) is 27.9 Å². The molecule has 0 saturated heterocycles. The van der Waals surface area contributed by atoms with E-state index in [0.29, 0.717) is 5.82 Å². The van der Waals surface area contributed by atoms with Crippen LogP contribution in [0.2, 0.25) is 10.0 Å². The highest BCUT2D eigenvalue weighted by Gasteiger charge is 2.20. The van der Waals surface area contributed by atoms with Crippen LogP contribution in [0.5, 0.6) is 0 Å². The van der Waals surface area contributed by atoms with Crippen molar-refractivity contribution in [3.8, 4) is 5.82 Å². The zero-order chi connectivity index (χ0) is 22.7. The average molecular weight is 465 g/mol. The number of aryl methyl sites for hydroxylation is 2. The molecular formula is C21H19Cl2FN4O3. The summed E-state index contributed by atoms with van der Waals surface area (Å²) in [6.45, 7) is 3.05. The fourth-order valence-electron chi connectivity index (χ4n) is 2.87. The number of carbonyl (C=O) groups excluding carboxylic acids is 2. The minimum Gasteiger partial charge on any atom is -0.451 e. The van der Waals surface area contributed by atoms with E-state index in [0.717, 1.165) is 11.4 Å². The number of benzene rings is 1. The molecule has 0 saturated carbocycles. The largest absolute Gasteiger partial charge is 0.451 e. The fourth-order valence-corrected chi connectivity index (χ4v) is 3.27. The number of rotatable bonds is 6. The summed E-state index contributed by atoms with van der Waals surface area (Å²) in [7, 11) is 1.45. The molecule has 0 unspecified atom stereocenters. The molecule has 0 aliphatic carbocycles. The first kappa shape index (κ1) is 22.7. The molecule has 162 valence electrons. The monoisotopic (exact) mass is 464 g/mol. The Morgan fingerprint density at radius 1 is 1.16 bits per heavy atom. The predicted molar refractivity (Wildman–Crippen MR) is 114 cm³/mol. The summed E-state index contributed by atoms with van der Waals surface area (Å²) in [4.78, 5) is 30.3. The van der Waals surface area contributed by atoms with Crippen LogP contribution < -0.4 is 0 Å². The zero-order valence-corrected chi connectivity index (χ0v) is 18.5. The zero-order valence-electron chi connectivity index (χ0n) is 17.0. The van der Waals surface area contributed by atoms with Crippen molar-refractivity contribution in [1.29, 1.82) is 0 Å². The number of aromatic nitrogens is 3. The maximum Gasteiger partial charge on any atom is 0.359 e. The number of likely N-dealkylation sites (N-methyl/N-ethyl adjacent to an activating group) is 1. The molecular weight excluding hydrogens is 446 g/mol. The van der Waals surface area contributed by atoms with Gasteiger partial charge in [-0.15, -0.1) is 0 Å². The van der Waals surface area contributed by atoms with E-state index in [1.54, 1.807) is 10.7 Å². The summed E-state index contributed by atoms with van der Waals surface area (Å²) < 4.78 is 20.6. The fraction of sp³-hybridized carbons (Fsp3) is 0.238. The van der Waals surface area contributed by atoms with E-state index in [9.17, 15) is 14.0 Å². The highest BCUT2D eigenvalue weighted by molar-refractivity contribution is 6.33. The van der Waals surface area contributed by atoms with Crippen LogP contribution in [0.3, 0.4) is 0 Å². The molecule has 7 nitrogen and oxygen atoms in total. The summed E-state index contributed by atoms with van der Waals surface area (Å²) in [6.07, 6.45) is 0. The number of hydrogen-bond acceptors (Lipinski definition) is 5. The summed E-state index contributed by atoms with van der Waals surface area (Å²) in [5, 5.41) is 4.60. The van der Waals surface area contributed by atoms with Gasteiger partial charge in [0.1, 0.15) is 5.82 Å². The third-order valence-electron chi connectivity index (χ3n) is 4.46. The third kappa shape index (κ3) is 5.21. The first-order chi connectivity index (χ1) is 14.7. The topological polar surface area (TPSA) is 77.3 Å². The van der Waals surface area contributed by atoms with Gasteiger partial charge in [-0.3, -0.25) is 4.79 Å². The highest BCUT2D eigenvalue weighted by Crippen LogP contribution is 2.21. The Labute approximate surface area is 188 Å². The molecule has 0 aliphatic rings. The smallest absolute Gasteiger partial charge is 0.359 e. The molecule has 2 aromatic heterocycles. The van der Waals surface area contributed by atoms with E-state index in [2.05, 4.69) is 10.1 Å². The van der Waals surface area contributed by atoms with E-state index in [-0.39, 0.29) is 27.8 Å². The van der Waals surface area contributed by atoms with Gasteiger partial charge in [0.05, 0.1) is 10.7 Å². The molecule has 1 amide bonds. The summed E-state index contributed by atoms with van der Waals surface area (Å²) in [6, 6.07) is 9.25. The first-order valence-electron chi connectivity index (χ1n) is 9.21. The summed E-state index contributed by atoms with van der Waals surface area (Å²) >= 11 is 12.1. The van der Waals surface area contributed by atoms with Crippen LogP contribution in [0, 0.1) is 19.7 Å². The van der Waals surface area contributed by atoms with Gasteiger partial charge in [-0.1, -0.05) is 29.3 Å². The molecule has 1 aromatic carbocycles. The lowest BCUT2D eigenvalue weighted by Gasteiger charge is -2.18. The van der Waals surface area contributed by atoms with Crippen LogP contribution in [0.15, 0.2) is 36.4 Å². The van der Waals surface area contributed by atoms with Crippen molar-refractivity contribution in [2.45, 2.75) is 20.4 Å². The lowest BCUT2D eigenvalue weighted by molar-refractivity contribution is -0.133. The van der Waals surface area contributed by atoms with Gasteiger partial charge in [-0.2, -0.15) is 5.10 Å². The minimum atomic E-state index is -0.862.